The number of nitro groups is 1. The minimum Gasteiger partial charge on any atom is -0.496 e. The van der Waals surface area contributed by atoms with Crippen LogP contribution in [0, 0.1) is 10.1 Å². The summed E-state index contributed by atoms with van der Waals surface area (Å²) in [5.74, 6) is 0.879. The fourth-order valence-electron chi connectivity index (χ4n) is 1.27. The summed E-state index contributed by atoms with van der Waals surface area (Å²) in [6.45, 7) is 0.427. The van der Waals surface area contributed by atoms with E-state index in [4.69, 9.17) is 4.74 Å². The minimum absolute atomic E-state index is 0.0498. The molecule has 6 nitrogen and oxygen atoms in total. The maximum atomic E-state index is 10.9. The molecule has 0 bridgehead atoms. The summed E-state index contributed by atoms with van der Waals surface area (Å²) in [6.07, 6.45) is 1.59. The predicted molar refractivity (Wildman–Crippen MR) is 67.1 cm³/mol. The summed E-state index contributed by atoms with van der Waals surface area (Å²) in [5.41, 5.74) is 0.354. The third kappa shape index (κ3) is 4.03. The van der Waals surface area contributed by atoms with E-state index in [1.54, 1.807) is 18.4 Å². The molecule has 0 aromatic heterocycles. The molecule has 1 N–H and O–H groups in total. The van der Waals surface area contributed by atoms with Crippen LogP contribution in [0.3, 0.4) is 0 Å². The predicted octanol–water partition coefficient (Wildman–Crippen LogP) is 1.39. The van der Waals surface area contributed by atoms with Crippen LogP contribution in [-0.4, -0.2) is 34.8 Å². The van der Waals surface area contributed by atoms with Gasteiger partial charge in [-0.3, -0.25) is 14.3 Å². The van der Waals surface area contributed by atoms with Crippen LogP contribution in [0.1, 0.15) is 0 Å². The number of anilines is 1. The van der Waals surface area contributed by atoms with Crippen LogP contribution in [-0.2, 0) is 10.8 Å². The summed E-state index contributed by atoms with van der Waals surface area (Å²) in [7, 11) is 0.531. The highest BCUT2D eigenvalue weighted by molar-refractivity contribution is 7.84. The molecule has 17 heavy (non-hydrogen) atoms. The Kier molecular flexibility index (Phi) is 4.89. The Labute approximate surface area is 102 Å². The van der Waals surface area contributed by atoms with E-state index in [1.807, 2.05) is 0 Å². The van der Waals surface area contributed by atoms with Gasteiger partial charge in [0.1, 0.15) is 11.4 Å². The minimum atomic E-state index is -0.920. The van der Waals surface area contributed by atoms with Gasteiger partial charge in [0.05, 0.1) is 18.1 Å². The second kappa shape index (κ2) is 6.19. The highest BCUT2D eigenvalue weighted by atomic mass is 32.2. The van der Waals surface area contributed by atoms with E-state index in [0.29, 0.717) is 23.7 Å². The normalized spacial score (nSPS) is 11.9. The molecular weight excluding hydrogens is 244 g/mol. The molecule has 0 aliphatic heterocycles. The summed E-state index contributed by atoms with van der Waals surface area (Å²) in [5, 5.41) is 13.7. The van der Waals surface area contributed by atoms with Crippen LogP contribution in [0.25, 0.3) is 0 Å². The first-order valence-electron chi connectivity index (χ1n) is 4.91. The first kappa shape index (κ1) is 13.4. The Morgan fingerprint density at radius 3 is 2.76 bits per heavy atom. The fourth-order valence-corrected chi connectivity index (χ4v) is 1.66. The van der Waals surface area contributed by atoms with E-state index in [9.17, 15) is 14.3 Å². The molecule has 1 aromatic carbocycles. The first-order valence-corrected chi connectivity index (χ1v) is 6.63. The van der Waals surface area contributed by atoms with Crippen molar-refractivity contribution in [1.82, 2.24) is 0 Å². The average molecular weight is 258 g/mol. The lowest BCUT2D eigenvalue weighted by Gasteiger charge is -2.07. The van der Waals surface area contributed by atoms with E-state index in [2.05, 4.69) is 5.32 Å². The Hall–Kier alpha value is -1.63. The van der Waals surface area contributed by atoms with Gasteiger partial charge >= 0.3 is 0 Å². The number of nitro benzene ring substituents is 1. The zero-order valence-electron chi connectivity index (χ0n) is 9.63. The van der Waals surface area contributed by atoms with Crippen molar-refractivity contribution in [2.24, 2.45) is 0 Å². The molecule has 1 aromatic rings. The number of rotatable bonds is 6. The number of nitrogens with zero attached hydrogens (tertiary/aromatic N) is 1. The van der Waals surface area contributed by atoms with Gasteiger partial charge in [0, 0.05) is 29.4 Å². The van der Waals surface area contributed by atoms with Crippen molar-refractivity contribution in [2.45, 2.75) is 0 Å². The molecule has 1 unspecified atom stereocenters. The standard InChI is InChI=1S/C10H14N2O4S/c1-16-8-3-4-9(10(7-8)12(13)14)11-5-6-17(2)15/h3-4,7,11H,5-6H2,1-2H3. The lowest BCUT2D eigenvalue weighted by molar-refractivity contribution is -0.384. The van der Waals surface area contributed by atoms with Gasteiger partial charge in [0.2, 0.25) is 0 Å². The molecule has 0 heterocycles. The second-order valence-corrected chi connectivity index (χ2v) is 4.90. The van der Waals surface area contributed by atoms with Gasteiger partial charge in [0.25, 0.3) is 5.69 Å². The van der Waals surface area contributed by atoms with Crippen LogP contribution in [0.2, 0.25) is 0 Å². The smallest absolute Gasteiger partial charge is 0.296 e. The monoisotopic (exact) mass is 258 g/mol. The zero-order chi connectivity index (χ0) is 12.8. The van der Waals surface area contributed by atoms with Crippen LogP contribution < -0.4 is 10.1 Å². The summed E-state index contributed by atoms with van der Waals surface area (Å²) >= 11 is 0. The summed E-state index contributed by atoms with van der Waals surface area (Å²) < 4.78 is 15.8. The van der Waals surface area contributed by atoms with Crippen LogP contribution in [0.15, 0.2) is 18.2 Å². The molecule has 0 aliphatic rings. The molecule has 1 rings (SSSR count). The van der Waals surface area contributed by atoms with Crippen LogP contribution in [0.5, 0.6) is 5.75 Å². The Balaban J connectivity index is 2.83. The number of hydrogen-bond acceptors (Lipinski definition) is 5. The summed E-state index contributed by atoms with van der Waals surface area (Å²) in [4.78, 5) is 10.4. The van der Waals surface area contributed by atoms with Crippen molar-refractivity contribution in [2.75, 3.05) is 31.0 Å². The Morgan fingerprint density at radius 1 is 1.53 bits per heavy atom. The van der Waals surface area contributed by atoms with Gasteiger partial charge in [-0.25, -0.2) is 0 Å². The SMILES string of the molecule is COc1ccc(NCCS(C)=O)c([N+](=O)[O-])c1. The van der Waals surface area contributed by atoms with Gasteiger partial charge in [-0.1, -0.05) is 0 Å². The lowest BCUT2D eigenvalue weighted by atomic mass is 10.2. The van der Waals surface area contributed by atoms with Crippen molar-refractivity contribution < 1.29 is 13.9 Å². The lowest BCUT2D eigenvalue weighted by Crippen LogP contribution is -2.11. The number of ether oxygens (including phenoxy) is 1. The molecule has 0 saturated heterocycles. The van der Waals surface area contributed by atoms with E-state index in [-0.39, 0.29) is 5.69 Å². The van der Waals surface area contributed by atoms with Gasteiger partial charge in [-0.2, -0.15) is 0 Å². The van der Waals surface area contributed by atoms with E-state index >= 15 is 0 Å². The number of methoxy groups -OCH3 is 1. The number of benzene rings is 1. The molecule has 0 aliphatic carbocycles. The highest BCUT2D eigenvalue weighted by Gasteiger charge is 2.14. The van der Waals surface area contributed by atoms with Gasteiger partial charge in [-0.15, -0.1) is 0 Å². The molecule has 0 saturated carbocycles. The van der Waals surface area contributed by atoms with Crippen molar-refractivity contribution >= 4 is 22.2 Å². The Morgan fingerprint density at radius 2 is 2.24 bits per heavy atom. The molecule has 0 radical (unpaired) electrons. The largest absolute Gasteiger partial charge is 0.496 e. The third-order valence-corrected chi connectivity index (χ3v) is 2.89. The molecule has 0 amide bonds. The maximum absolute atomic E-state index is 10.9. The van der Waals surface area contributed by atoms with Gasteiger partial charge < -0.3 is 10.1 Å². The molecule has 7 heteroatoms. The van der Waals surface area contributed by atoms with Crippen molar-refractivity contribution in [1.29, 1.82) is 0 Å². The molecule has 0 spiro atoms. The van der Waals surface area contributed by atoms with Crippen molar-refractivity contribution in [3.8, 4) is 5.75 Å². The Bertz CT molecular complexity index is 436. The molecule has 0 fully saturated rings. The maximum Gasteiger partial charge on any atom is 0.296 e. The quantitative estimate of drug-likeness (QED) is 0.616. The number of hydrogen-bond donors (Lipinski definition) is 1. The fraction of sp³-hybridized carbons (Fsp3) is 0.400. The van der Waals surface area contributed by atoms with E-state index < -0.39 is 15.7 Å². The highest BCUT2D eigenvalue weighted by Crippen LogP contribution is 2.28. The van der Waals surface area contributed by atoms with E-state index in [0.717, 1.165) is 0 Å². The molecular formula is C10H14N2O4S. The third-order valence-electron chi connectivity index (χ3n) is 2.11. The van der Waals surface area contributed by atoms with E-state index in [1.165, 1.54) is 13.2 Å². The van der Waals surface area contributed by atoms with Crippen LogP contribution in [0.4, 0.5) is 11.4 Å². The van der Waals surface area contributed by atoms with Crippen molar-refractivity contribution in [3.63, 3.8) is 0 Å². The van der Waals surface area contributed by atoms with Crippen molar-refractivity contribution in [3.05, 3.63) is 28.3 Å². The van der Waals surface area contributed by atoms with Crippen LogP contribution >= 0.6 is 0 Å². The topological polar surface area (TPSA) is 81.5 Å². The first-order chi connectivity index (χ1) is 8.04. The van der Waals surface area contributed by atoms with Gasteiger partial charge in [0.15, 0.2) is 0 Å². The average Bonchev–Trinajstić information content (AvgIpc) is 2.28. The second-order valence-electron chi connectivity index (χ2n) is 3.34. The van der Waals surface area contributed by atoms with Gasteiger partial charge in [-0.05, 0) is 12.1 Å². The molecule has 1 atom stereocenters. The number of nitrogens with one attached hydrogen (secondary N) is 1. The summed E-state index contributed by atoms with van der Waals surface area (Å²) in [6, 6.07) is 4.57. The molecule has 94 valence electrons. The zero-order valence-corrected chi connectivity index (χ0v) is 10.5.